The quantitative estimate of drug-likeness (QED) is 0.829. The number of Topliss-reactive ketones (excluding diaryl/α,β-unsaturated/α-hetero) is 1. The number of carbonyl (C=O) groups excluding carboxylic acids is 1. The van der Waals surface area contributed by atoms with Crippen LogP contribution < -0.4 is 4.74 Å². The zero-order chi connectivity index (χ0) is 16.3. The third-order valence-electron chi connectivity index (χ3n) is 2.90. The molecule has 0 aliphatic rings. The number of thiazole rings is 1. The number of hydrogen-bond acceptors (Lipinski definition) is 5. The smallest absolute Gasteiger partial charge is 0.196 e. The second kappa shape index (κ2) is 6.86. The van der Waals surface area contributed by atoms with Crippen LogP contribution in [-0.2, 0) is 4.79 Å². The van der Waals surface area contributed by atoms with Crippen LogP contribution in [0.3, 0.4) is 0 Å². The molecule has 0 amide bonds. The minimum atomic E-state index is -0.993. The molecular formula is C15H12ClFN2O2S. The molecule has 0 spiro atoms. The van der Waals surface area contributed by atoms with Gasteiger partial charge in [-0.15, -0.1) is 11.3 Å². The molecule has 0 unspecified atom stereocenters. The predicted octanol–water partition coefficient (Wildman–Crippen LogP) is 3.89. The Morgan fingerprint density at radius 3 is 2.82 bits per heavy atom. The van der Waals surface area contributed by atoms with Crippen molar-refractivity contribution in [3.63, 3.8) is 0 Å². The summed E-state index contributed by atoms with van der Waals surface area (Å²) in [6.45, 7) is 3.31. The Morgan fingerprint density at radius 1 is 1.55 bits per heavy atom. The van der Waals surface area contributed by atoms with Crippen LogP contribution in [0.2, 0.25) is 5.02 Å². The number of nitriles is 1. The van der Waals surface area contributed by atoms with Crippen molar-refractivity contribution in [2.75, 3.05) is 0 Å². The lowest BCUT2D eigenvalue weighted by molar-refractivity contribution is -0.125. The van der Waals surface area contributed by atoms with Crippen molar-refractivity contribution in [3.05, 3.63) is 45.1 Å². The molecule has 1 aromatic carbocycles. The maximum absolute atomic E-state index is 13.0. The second-order valence-electron chi connectivity index (χ2n) is 4.63. The van der Waals surface area contributed by atoms with Crippen LogP contribution in [0.5, 0.6) is 5.75 Å². The van der Waals surface area contributed by atoms with Gasteiger partial charge in [-0.1, -0.05) is 11.6 Å². The molecule has 0 fully saturated rings. The minimum Gasteiger partial charge on any atom is -0.481 e. The number of hydrogen-bond donors (Lipinski definition) is 0. The average molecular weight is 339 g/mol. The highest BCUT2D eigenvalue weighted by Crippen LogP contribution is 2.28. The zero-order valence-corrected chi connectivity index (χ0v) is 13.4. The SMILES string of the molecule is Cc1csc([C@H](C#N)C(=O)[C@@H](C)Oc2ccc(F)cc2Cl)n1. The Kier molecular flexibility index (Phi) is 5.11. The Labute approximate surface area is 136 Å². The van der Waals surface area contributed by atoms with Gasteiger partial charge in [0.05, 0.1) is 11.1 Å². The Hall–Kier alpha value is -1.97. The molecule has 0 saturated carbocycles. The van der Waals surface area contributed by atoms with Crippen LogP contribution >= 0.6 is 22.9 Å². The van der Waals surface area contributed by atoms with Gasteiger partial charge in [0.15, 0.2) is 17.8 Å². The molecule has 0 N–H and O–H groups in total. The number of carbonyl (C=O) groups is 1. The van der Waals surface area contributed by atoms with E-state index in [1.165, 1.54) is 30.4 Å². The largest absolute Gasteiger partial charge is 0.481 e. The predicted molar refractivity (Wildman–Crippen MR) is 81.7 cm³/mol. The molecule has 0 saturated heterocycles. The minimum absolute atomic E-state index is 0.0678. The lowest BCUT2D eigenvalue weighted by Crippen LogP contribution is -2.28. The fourth-order valence-electron chi connectivity index (χ4n) is 1.80. The van der Waals surface area contributed by atoms with E-state index in [-0.39, 0.29) is 10.8 Å². The first-order valence-electron chi connectivity index (χ1n) is 6.39. The molecule has 22 heavy (non-hydrogen) atoms. The molecule has 0 aliphatic heterocycles. The summed E-state index contributed by atoms with van der Waals surface area (Å²) < 4.78 is 18.4. The Bertz CT molecular complexity index is 741. The highest BCUT2D eigenvalue weighted by atomic mass is 35.5. The van der Waals surface area contributed by atoms with Crippen LogP contribution in [0.15, 0.2) is 23.6 Å². The van der Waals surface area contributed by atoms with Crippen molar-refractivity contribution in [2.24, 2.45) is 0 Å². The molecule has 1 aromatic heterocycles. The van der Waals surface area contributed by atoms with Gasteiger partial charge in [-0.05, 0) is 32.0 Å². The lowest BCUT2D eigenvalue weighted by Gasteiger charge is -2.16. The second-order valence-corrected chi connectivity index (χ2v) is 5.92. The van der Waals surface area contributed by atoms with Gasteiger partial charge in [-0.3, -0.25) is 4.79 Å². The normalized spacial score (nSPS) is 13.2. The van der Waals surface area contributed by atoms with Crippen molar-refractivity contribution in [3.8, 4) is 11.8 Å². The van der Waals surface area contributed by atoms with E-state index >= 15 is 0 Å². The summed E-state index contributed by atoms with van der Waals surface area (Å²) in [4.78, 5) is 16.5. The van der Waals surface area contributed by atoms with E-state index in [1.807, 2.05) is 6.07 Å². The molecule has 2 aromatic rings. The first kappa shape index (κ1) is 16.4. The fraction of sp³-hybridized carbons (Fsp3) is 0.267. The van der Waals surface area contributed by atoms with Gasteiger partial charge in [0.25, 0.3) is 0 Å². The molecule has 0 aliphatic carbocycles. The van der Waals surface area contributed by atoms with E-state index in [9.17, 15) is 14.4 Å². The van der Waals surface area contributed by atoms with Crippen LogP contribution in [0, 0.1) is 24.1 Å². The summed E-state index contributed by atoms with van der Waals surface area (Å²) in [5.74, 6) is -1.72. The van der Waals surface area contributed by atoms with E-state index in [0.717, 1.165) is 11.8 Å². The van der Waals surface area contributed by atoms with Gasteiger partial charge in [0, 0.05) is 11.1 Å². The van der Waals surface area contributed by atoms with Crippen molar-refractivity contribution in [2.45, 2.75) is 25.9 Å². The van der Waals surface area contributed by atoms with Crippen LogP contribution in [0.4, 0.5) is 4.39 Å². The number of aryl methyl sites for hydroxylation is 1. The number of aromatic nitrogens is 1. The van der Waals surface area contributed by atoms with E-state index in [0.29, 0.717) is 5.01 Å². The molecule has 1 heterocycles. The summed E-state index contributed by atoms with van der Waals surface area (Å²) in [5.41, 5.74) is 0.753. The van der Waals surface area contributed by atoms with E-state index in [4.69, 9.17) is 16.3 Å². The highest BCUT2D eigenvalue weighted by molar-refractivity contribution is 7.09. The molecule has 114 valence electrons. The summed E-state index contributed by atoms with van der Waals surface area (Å²) in [5, 5.41) is 11.5. The molecule has 0 bridgehead atoms. The first-order chi connectivity index (χ1) is 10.4. The number of ether oxygens (including phenoxy) is 1. The van der Waals surface area contributed by atoms with Crippen LogP contribution in [-0.4, -0.2) is 16.9 Å². The molecular weight excluding hydrogens is 327 g/mol. The number of ketones is 1. The van der Waals surface area contributed by atoms with Gasteiger partial charge < -0.3 is 4.74 Å². The van der Waals surface area contributed by atoms with E-state index < -0.39 is 23.6 Å². The van der Waals surface area contributed by atoms with Crippen LogP contribution in [0.25, 0.3) is 0 Å². The number of nitrogens with zero attached hydrogens (tertiary/aromatic N) is 2. The van der Waals surface area contributed by atoms with E-state index in [2.05, 4.69) is 4.98 Å². The fourth-order valence-corrected chi connectivity index (χ4v) is 2.86. The standard InChI is InChI=1S/C15H12ClFN2O2S/c1-8-7-22-15(19-8)11(6-18)14(20)9(2)21-13-4-3-10(17)5-12(13)16/h3-5,7,9,11H,1-2H3/t9-,11-/m1/s1. The monoisotopic (exact) mass is 338 g/mol. The van der Waals surface area contributed by atoms with Crippen molar-refractivity contribution >= 4 is 28.7 Å². The van der Waals surface area contributed by atoms with Gasteiger partial charge in [-0.2, -0.15) is 5.26 Å². The highest BCUT2D eigenvalue weighted by Gasteiger charge is 2.29. The molecule has 0 radical (unpaired) electrons. The van der Waals surface area contributed by atoms with Crippen LogP contribution in [0.1, 0.15) is 23.5 Å². The first-order valence-corrected chi connectivity index (χ1v) is 7.65. The van der Waals surface area contributed by atoms with Gasteiger partial charge >= 0.3 is 0 Å². The molecule has 2 rings (SSSR count). The maximum Gasteiger partial charge on any atom is 0.196 e. The zero-order valence-electron chi connectivity index (χ0n) is 11.8. The van der Waals surface area contributed by atoms with Crippen molar-refractivity contribution in [1.29, 1.82) is 5.26 Å². The summed E-state index contributed by atoms with van der Waals surface area (Å²) in [7, 11) is 0. The lowest BCUT2D eigenvalue weighted by atomic mass is 10.0. The third kappa shape index (κ3) is 3.62. The Morgan fingerprint density at radius 2 is 2.27 bits per heavy atom. The maximum atomic E-state index is 13.0. The van der Waals surface area contributed by atoms with Gasteiger partial charge in [-0.25, -0.2) is 9.37 Å². The average Bonchev–Trinajstić information content (AvgIpc) is 2.89. The third-order valence-corrected chi connectivity index (χ3v) is 4.22. The topological polar surface area (TPSA) is 63.0 Å². The van der Waals surface area contributed by atoms with Crippen molar-refractivity contribution < 1.29 is 13.9 Å². The molecule has 7 heteroatoms. The summed E-state index contributed by atoms with van der Waals surface area (Å²) >= 11 is 7.11. The van der Waals surface area contributed by atoms with E-state index in [1.54, 1.807) is 12.3 Å². The number of rotatable bonds is 5. The number of benzene rings is 1. The molecule has 2 atom stereocenters. The summed E-state index contributed by atoms with van der Waals surface area (Å²) in [6.07, 6.45) is -0.906. The van der Waals surface area contributed by atoms with Gasteiger partial charge in [0.2, 0.25) is 0 Å². The molecule has 4 nitrogen and oxygen atoms in total. The van der Waals surface area contributed by atoms with Crippen molar-refractivity contribution in [1.82, 2.24) is 4.98 Å². The summed E-state index contributed by atoms with van der Waals surface area (Å²) in [6, 6.07) is 5.57. The van der Waals surface area contributed by atoms with Gasteiger partial charge in [0.1, 0.15) is 16.6 Å². The number of halogens is 2. The Balaban J connectivity index is 2.16.